The third-order valence-corrected chi connectivity index (χ3v) is 5.92. The van der Waals surface area contributed by atoms with Crippen molar-refractivity contribution in [2.45, 2.75) is 39.8 Å². The Kier molecular flexibility index (Phi) is 5.90. The molecule has 3 heterocycles. The zero-order valence-corrected chi connectivity index (χ0v) is 19.2. The number of hydrogen-bond acceptors (Lipinski definition) is 7. The first kappa shape index (κ1) is 21.9. The van der Waals surface area contributed by atoms with E-state index in [1.165, 1.54) is 0 Å². The number of aromatic nitrogens is 2. The molecule has 9 nitrogen and oxygen atoms in total. The Labute approximate surface area is 188 Å². The van der Waals surface area contributed by atoms with Crippen LogP contribution >= 0.6 is 0 Å². The van der Waals surface area contributed by atoms with E-state index in [0.717, 1.165) is 5.56 Å². The summed E-state index contributed by atoms with van der Waals surface area (Å²) in [5.74, 6) is 1.95. The number of fused-ring (bicyclic) bond motifs is 1. The van der Waals surface area contributed by atoms with E-state index in [0.29, 0.717) is 42.0 Å². The highest BCUT2D eigenvalue weighted by atomic mass is 16.5. The van der Waals surface area contributed by atoms with Gasteiger partial charge < -0.3 is 25.2 Å². The lowest BCUT2D eigenvalue weighted by Crippen LogP contribution is -2.58. The van der Waals surface area contributed by atoms with Gasteiger partial charge in [0, 0.05) is 20.1 Å². The van der Waals surface area contributed by atoms with E-state index in [1.54, 1.807) is 4.90 Å². The SMILES string of the molecule is Cc1ccc(OCC(=O)N2CC(Nc3nc(C)c4c(n3)N(C)C(C(C)C)C(=O)N4)C2)cc1. The molecule has 32 heavy (non-hydrogen) atoms. The van der Waals surface area contributed by atoms with Crippen LogP contribution in [-0.4, -0.2) is 65.5 Å². The number of aryl methyl sites for hydroxylation is 2. The van der Waals surface area contributed by atoms with Crippen LogP contribution in [0.25, 0.3) is 0 Å². The van der Waals surface area contributed by atoms with Gasteiger partial charge in [-0.1, -0.05) is 31.5 Å². The summed E-state index contributed by atoms with van der Waals surface area (Å²) in [6.45, 7) is 9.04. The van der Waals surface area contributed by atoms with E-state index in [1.807, 2.05) is 63.9 Å². The normalized spacial score (nSPS) is 18.2. The van der Waals surface area contributed by atoms with E-state index in [4.69, 9.17) is 4.74 Å². The van der Waals surface area contributed by atoms with Crippen molar-refractivity contribution in [2.24, 2.45) is 5.92 Å². The molecule has 2 aromatic rings. The van der Waals surface area contributed by atoms with E-state index in [-0.39, 0.29) is 36.4 Å². The molecule has 2 N–H and O–H groups in total. The summed E-state index contributed by atoms with van der Waals surface area (Å²) in [6, 6.07) is 7.42. The van der Waals surface area contributed by atoms with Gasteiger partial charge in [0.25, 0.3) is 5.91 Å². The summed E-state index contributed by atoms with van der Waals surface area (Å²) in [5.41, 5.74) is 2.51. The van der Waals surface area contributed by atoms with Gasteiger partial charge in [-0.15, -0.1) is 0 Å². The van der Waals surface area contributed by atoms with E-state index < -0.39 is 0 Å². The maximum atomic E-state index is 12.5. The second-order valence-electron chi connectivity index (χ2n) is 8.86. The molecule has 9 heteroatoms. The molecule has 0 radical (unpaired) electrons. The third kappa shape index (κ3) is 4.32. The van der Waals surface area contributed by atoms with Gasteiger partial charge in [-0.3, -0.25) is 9.59 Å². The van der Waals surface area contributed by atoms with Crippen molar-refractivity contribution < 1.29 is 14.3 Å². The molecular weight excluding hydrogens is 408 g/mol. The Morgan fingerprint density at radius 3 is 2.56 bits per heavy atom. The number of carbonyl (C=O) groups excluding carboxylic acids is 2. The molecule has 2 amide bonds. The molecule has 0 aliphatic carbocycles. The Hall–Kier alpha value is -3.36. The fourth-order valence-corrected chi connectivity index (χ4v) is 4.11. The topological polar surface area (TPSA) is 99.7 Å². The monoisotopic (exact) mass is 438 g/mol. The van der Waals surface area contributed by atoms with Crippen LogP contribution in [0, 0.1) is 19.8 Å². The highest BCUT2D eigenvalue weighted by Crippen LogP contribution is 2.34. The molecular formula is C23H30N6O3. The Bertz CT molecular complexity index is 1020. The Balaban J connectivity index is 1.34. The summed E-state index contributed by atoms with van der Waals surface area (Å²) in [4.78, 5) is 37.7. The number of carbonyl (C=O) groups is 2. The lowest BCUT2D eigenvalue weighted by Gasteiger charge is -2.40. The van der Waals surface area contributed by atoms with Gasteiger partial charge in [0.1, 0.15) is 17.5 Å². The van der Waals surface area contributed by atoms with Gasteiger partial charge in [0.15, 0.2) is 12.4 Å². The molecule has 2 aliphatic rings. The molecule has 170 valence electrons. The van der Waals surface area contributed by atoms with Crippen LogP contribution < -0.4 is 20.3 Å². The maximum absolute atomic E-state index is 12.5. The minimum Gasteiger partial charge on any atom is -0.484 e. The number of anilines is 3. The predicted molar refractivity (Wildman–Crippen MR) is 123 cm³/mol. The predicted octanol–water partition coefficient (Wildman–Crippen LogP) is 2.21. The fraction of sp³-hybridized carbons (Fsp3) is 0.478. The molecule has 0 spiro atoms. The maximum Gasteiger partial charge on any atom is 0.260 e. The largest absolute Gasteiger partial charge is 0.484 e. The number of nitrogens with one attached hydrogen (secondary N) is 2. The lowest BCUT2D eigenvalue weighted by molar-refractivity contribution is -0.137. The highest BCUT2D eigenvalue weighted by molar-refractivity contribution is 6.03. The van der Waals surface area contributed by atoms with Crippen molar-refractivity contribution in [3.8, 4) is 5.75 Å². The van der Waals surface area contributed by atoms with Crippen molar-refractivity contribution in [3.05, 3.63) is 35.5 Å². The summed E-state index contributed by atoms with van der Waals surface area (Å²) < 4.78 is 5.58. The quantitative estimate of drug-likeness (QED) is 0.713. The first-order chi connectivity index (χ1) is 15.2. The van der Waals surface area contributed by atoms with Crippen LogP contribution in [0.2, 0.25) is 0 Å². The summed E-state index contributed by atoms with van der Waals surface area (Å²) in [5, 5.41) is 6.26. The first-order valence-electron chi connectivity index (χ1n) is 10.9. The number of hydrogen-bond donors (Lipinski definition) is 2. The average Bonchev–Trinajstić information content (AvgIpc) is 2.70. The van der Waals surface area contributed by atoms with Crippen molar-refractivity contribution in [1.82, 2.24) is 14.9 Å². The van der Waals surface area contributed by atoms with E-state index in [9.17, 15) is 9.59 Å². The zero-order valence-electron chi connectivity index (χ0n) is 19.2. The third-order valence-electron chi connectivity index (χ3n) is 5.92. The fourth-order valence-electron chi connectivity index (χ4n) is 4.11. The summed E-state index contributed by atoms with van der Waals surface area (Å²) >= 11 is 0. The summed E-state index contributed by atoms with van der Waals surface area (Å²) in [7, 11) is 1.89. The number of nitrogens with zero attached hydrogens (tertiary/aromatic N) is 4. The number of benzene rings is 1. The molecule has 1 atom stereocenters. The van der Waals surface area contributed by atoms with Crippen LogP contribution in [0.15, 0.2) is 24.3 Å². The van der Waals surface area contributed by atoms with Gasteiger partial charge in [-0.25, -0.2) is 4.98 Å². The van der Waals surface area contributed by atoms with E-state index >= 15 is 0 Å². The van der Waals surface area contributed by atoms with Gasteiger partial charge in [-0.05, 0) is 31.9 Å². The van der Waals surface area contributed by atoms with Crippen LogP contribution in [0.5, 0.6) is 5.75 Å². The van der Waals surface area contributed by atoms with Crippen LogP contribution in [0.1, 0.15) is 25.1 Å². The number of likely N-dealkylation sites (tertiary alicyclic amines) is 1. The highest BCUT2D eigenvalue weighted by Gasteiger charge is 2.36. The molecule has 2 aliphatic heterocycles. The van der Waals surface area contributed by atoms with Gasteiger partial charge in [0.2, 0.25) is 11.9 Å². The second-order valence-corrected chi connectivity index (χ2v) is 8.86. The van der Waals surface area contributed by atoms with Crippen LogP contribution in [-0.2, 0) is 9.59 Å². The molecule has 1 unspecified atom stereocenters. The number of ether oxygens (including phenoxy) is 1. The molecule has 0 saturated carbocycles. The Morgan fingerprint density at radius 2 is 1.91 bits per heavy atom. The van der Waals surface area contributed by atoms with Crippen molar-refractivity contribution in [3.63, 3.8) is 0 Å². The lowest BCUT2D eigenvalue weighted by atomic mass is 9.99. The van der Waals surface area contributed by atoms with Gasteiger partial charge in [-0.2, -0.15) is 4.98 Å². The molecule has 4 rings (SSSR count). The molecule has 0 bridgehead atoms. The zero-order chi connectivity index (χ0) is 23.0. The first-order valence-corrected chi connectivity index (χ1v) is 10.9. The van der Waals surface area contributed by atoms with Crippen molar-refractivity contribution >= 4 is 29.3 Å². The number of amides is 2. The second kappa shape index (κ2) is 8.64. The van der Waals surface area contributed by atoms with Crippen LogP contribution in [0.3, 0.4) is 0 Å². The Morgan fingerprint density at radius 1 is 1.22 bits per heavy atom. The van der Waals surface area contributed by atoms with Crippen LogP contribution in [0.4, 0.5) is 17.5 Å². The summed E-state index contributed by atoms with van der Waals surface area (Å²) in [6.07, 6.45) is 0. The van der Waals surface area contributed by atoms with Crippen molar-refractivity contribution in [1.29, 1.82) is 0 Å². The molecule has 1 fully saturated rings. The van der Waals surface area contributed by atoms with Crippen molar-refractivity contribution in [2.75, 3.05) is 42.3 Å². The van der Waals surface area contributed by atoms with Gasteiger partial charge >= 0.3 is 0 Å². The minimum atomic E-state index is -0.282. The smallest absolute Gasteiger partial charge is 0.260 e. The molecule has 1 saturated heterocycles. The van der Waals surface area contributed by atoms with E-state index in [2.05, 4.69) is 20.6 Å². The number of likely N-dealkylation sites (N-methyl/N-ethyl adjacent to an activating group) is 1. The standard InChI is InChI=1S/C23H30N6O3/c1-13(2)20-22(31)26-19-15(4)24-23(27-21(19)28(20)5)25-16-10-29(11-16)18(30)12-32-17-8-6-14(3)7-9-17/h6-9,13,16,20H,10-12H2,1-5H3,(H,26,31)(H,24,25,27). The van der Waals surface area contributed by atoms with Gasteiger partial charge in [0.05, 0.1) is 11.7 Å². The number of rotatable bonds is 6. The minimum absolute atomic E-state index is 0.0192. The molecule has 1 aromatic heterocycles. The average molecular weight is 439 g/mol. The molecule has 1 aromatic carbocycles.